The molecule has 194 valence electrons. The van der Waals surface area contributed by atoms with Crippen LogP contribution in [0.3, 0.4) is 0 Å². The molecule has 1 aliphatic rings. The van der Waals surface area contributed by atoms with Crippen molar-refractivity contribution in [3.8, 4) is 28.7 Å². The van der Waals surface area contributed by atoms with Gasteiger partial charge in [0, 0.05) is 17.6 Å². The number of aromatic nitrogens is 2. The lowest BCUT2D eigenvalue weighted by molar-refractivity contribution is -0.130. The number of hydrogen-bond acceptors (Lipinski definition) is 10. The second-order valence-corrected chi connectivity index (χ2v) is 8.76. The van der Waals surface area contributed by atoms with Gasteiger partial charge in [0.25, 0.3) is 0 Å². The highest BCUT2D eigenvalue weighted by Crippen LogP contribution is 2.40. The van der Waals surface area contributed by atoms with Crippen LogP contribution < -0.4 is 23.7 Å². The van der Waals surface area contributed by atoms with Gasteiger partial charge in [0.1, 0.15) is 11.0 Å². The minimum absolute atomic E-state index is 0.0427. The molecule has 0 bridgehead atoms. The van der Waals surface area contributed by atoms with Gasteiger partial charge < -0.3 is 28.8 Å². The number of ether oxygens (including phenoxy) is 5. The Morgan fingerprint density at radius 3 is 2.24 bits per heavy atom. The molecule has 0 amide bonds. The lowest BCUT2D eigenvalue weighted by Gasteiger charge is -2.17. The Hall–Kier alpha value is -4.64. The zero-order valence-electron chi connectivity index (χ0n) is 20.6. The van der Waals surface area contributed by atoms with Crippen LogP contribution in [0.15, 0.2) is 54.1 Å². The van der Waals surface area contributed by atoms with Gasteiger partial charge in [-0.15, -0.1) is 0 Å². The quantitative estimate of drug-likeness (QED) is 0.244. The van der Waals surface area contributed by atoms with Gasteiger partial charge in [-0.25, -0.2) is 4.79 Å². The summed E-state index contributed by atoms with van der Waals surface area (Å²) in [5, 5.41) is 10.4. The van der Waals surface area contributed by atoms with Gasteiger partial charge >= 0.3 is 5.97 Å². The maximum absolute atomic E-state index is 14.0. The van der Waals surface area contributed by atoms with Crippen molar-refractivity contribution in [2.75, 3.05) is 28.1 Å². The number of ketones is 1. The van der Waals surface area contributed by atoms with Gasteiger partial charge in [-0.2, -0.15) is 8.75 Å². The number of hydrogen-bond donors (Lipinski definition) is 1. The van der Waals surface area contributed by atoms with Crippen LogP contribution in [0.25, 0.3) is 16.6 Å². The van der Waals surface area contributed by atoms with E-state index in [1.165, 1.54) is 21.3 Å². The highest BCUT2D eigenvalue weighted by Gasteiger charge is 2.27. The van der Waals surface area contributed by atoms with E-state index in [4.69, 9.17) is 23.7 Å². The summed E-state index contributed by atoms with van der Waals surface area (Å²) in [4.78, 5) is 26.7. The molecule has 0 saturated heterocycles. The van der Waals surface area contributed by atoms with Gasteiger partial charge in [-0.05, 0) is 53.6 Å². The van der Waals surface area contributed by atoms with E-state index in [1.54, 1.807) is 48.5 Å². The fourth-order valence-corrected chi connectivity index (χ4v) is 4.82. The zero-order valence-corrected chi connectivity index (χ0v) is 21.5. The molecule has 3 aromatic carbocycles. The number of fused-ring (bicyclic) bond motifs is 2. The molecule has 1 aliphatic heterocycles. The fraction of sp³-hybridized carbons (Fsp3) is 0.185. The van der Waals surface area contributed by atoms with Crippen molar-refractivity contribution in [3.05, 3.63) is 70.8 Å². The predicted molar refractivity (Wildman–Crippen MR) is 139 cm³/mol. The van der Waals surface area contributed by atoms with Crippen molar-refractivity contribution < 1.29 is 38.4 Å². The lowest BCUT2D eigenvalue weighted by atomic mass is 9.89. The lowest BCUT2D eigenvalue weighted by Crippen LogP contribution is -2.14. The summed E-state index contributed by atoms with van der Waals surface area (Å²) in [5.74, 6) is 0.319. The van der Waals surface area contributed by atoms with E-state index >= 15 is 0 Å². The summed E-state index contributed by atoms with van der Waals surface area (Å²) in [6.07, 6.45) is -0.0427. The summed E-state index contributed by atoms with van der Waals surface area (Å²) in [6.45, 7) is 0.0448. The van der Waals surface area contributed by atoms with Crippen molar-refractivity contribution in [3.63, 3.8) is 0 Å². The number of carboxylic acid groups (broad SMARTS) is 1. The number of allylic oxidation sites excluding steroid dienone is 1. The van der Waals surface area contributed by atoms with Crippen LogP contribution in [0.4, 0.5) is 0 Å². The number of carbonyl (C=O) groups excluding carboxylic acids is 1. The minimum atomic E-state index is -1.26. The standard InChI is InChI=1S/C27H22N2O8S/c1-33-22-9-14(10-23(34-2)26(22)35-3)8-17(25(30)16-5-7-20-21(12-16)37-13-36-20)24(27(31)32)15-4-6-18-19(11-15)29-38-28-18/h4-7,9-12H,8,13H2,1-3H3,(H,31,32)/b24-17-. The van der Waals surface area contributed by atoms with E-state index in [2.05, 4.69) is 8.75 Å². The molecule has 38 heavy (non-hydrogen) atoms. The normalized spacial score (nSPS) is 12.7. The molecule has 0 unspecified atom stereocenters. The molecule has 11 heteroatoms. The first-order valence-electron chi connectivity index (χ1n) is 11.4. The first-order valence-corrected chi connectivity index (χ1v) is 12.1. The summed E-state index contributed by atoms with van der Waals surface area (Å²) in [5.41, 5.74) is 2.23. The summed E-state index contributed by atoms with van der Waals surface area (Å²) >= 11 is 1.02. The number of methoxy groups -OCH3 is 3. The number of rotatable bonds is 9. The number of nitrogens with zero attached hydrogens (tertiary/aromatic N) is 2. The number of benzene rings is 3. The Balaban J connectivity index is 1.70. The van der Waals surface area contributed by atoms with E-state index in [-0.39, 0.29) is 29.9 Å². The van der Waals surface area contributed by atoms with Crippen LogP contribution in [0.1, 0.15) is 21.5 Å². The Morgan fingerprint density at radius 2 is 1.55 bits per heavy atom. The van der Waals surface area contributed by atoms with Crippen molar-refractivity contribution in [2.45, 2.75) is 6.42 Å². The van der Waals surface area contributed by atoms with Crippen molar-refractivity contribution >= 4 is 40.1 Å². The molecular formula is C27H22N2O8S. The minimum Gasteiger partial charge on any atom is -0.493 e. The third-order valence-electron chi connectivity index (χ3n) is 6.07. The molecule has 0 saturated carbocycles. The van der Waals surface area contributed by atoms with Crippen LogP contribution >= 0.6 is 11.7 Å². The maximum Gasteiger partial charge on any atom is 0.336 e. The summed E-state index contributed by atoms with van der Waals surface area (Å²) in [6, 6.07) is 13.0. The Morgan fingerprint density at radius 1 is 0.868 bits per heavy atom. The molecule has 1 aromatic heterocycles. The van der Waals surface area contributed by atoms with E-state index in [0.29, 0.717) is 50.9 Å². The monoisotopic (exact) mass is 534 g/mol. The topological polar surface area (TPSA) is 126 Å². The first kappa shape index (κ1) is 25.0. The van der Waals surface area contributed by atoms with Gasteiger partial charge in [-0.3, -0.25) is 4.79 Å². The van der Waals surface area contributed by atoms with Crippen molar-refractivity contribution in [1.82, 2.24) is 8.75 Å². The Bertz CT molecular complexity index is 1570. The third kappa shape index (κ3) is 4.59. The smallest absolute Gasteiger partial charge is 0.336 e. The van der Waals surface area contributed by atoms with Gasteiger partial charge in [0.15, 0.2) is 28.8 Å². The van der Waals surface area contributed by atoms with E-state index in [9.17, 15) is 14.7 Å². The summed E-state index contributed by atoms with van der Waals surface area (Å²) < 4.78 is 35.5. The molecule has 1 N–H and O–H groups in total. The molecule has 0 radical (unpaired) electrons. The SMILES string of the molecule is COc1cc(C/C(C(=O)c2ccc3c(c2)OCO3)=C(/C(=O)O)c2ccc3nsnc3c2)cc(OC)c1OC. The molecule has 0 aliphatic carbocycles. The van der Waals surface area contributed by atoms with E-state index < -0.39 is 11.8 Å². The molecule has 0 atom stereocenters. The average molecular weight is 535 g/mol. The van der Waals surface area contributed by atoms with Crippen LogP contribution in [0.5, 0.6) is 28.7 Å². The average Bonchev–Trinajstić information content (AvgIpc) is 3.60. The largest absolute Gasteiger partial charge is 0.493 e. The number of carboxylic acids is 1. The van der Waals surface area contributed by atoms with E-state index in [1.807, 2.05) is 0 Å². The zero-order chi connectivity index (χ0) is 26.8. The van der Waals surface area contributed by atoms with Crippen LogP contribution in [0.2, 0.25) is 0 Å². The highest BCUT2D eigenvalue weighted by molar-refractivity contribution is 7.00. The molecule has 10 nitrogen and oxygen atoms in total. The second-order valence-electron chi connectivity index (χ2n) is 8.23. The van der Waals surface area contributed by atoms with Crippen molar-refractivity contribution in [2.24, 2.45) is 0 Å². The second kappa shape index (κ2) is 10.4. The first-order chi connectivity index (χ1) is 18.4. The van der Waals surface area contributed by atoms with Crippen LogP contribution in [-0.2, 0) is 11.2 Å². The van der Waals surface area contributed by atoms with Gasteiger partial charge in [0.05, 0.1) is 38.6 Å². The van der Waals surface area contributed by atoms with Gasteiger partial charge in [-0.1, -0.05) is 6.07 Å². The molecular weight excluding hydrogens is 512 g/mol. The number of carbonyl (C=O) groups is 2. The highest BCUT2D eigenvalue weighted by atomic mass is 32.1. The predicted octanol–water partition coefficient (Wildman–Crippen LogP) is 4.41. The van der Waals surface area contributed by atoms with Crippen LogP contribution in [-0.4, -0.2) is 53.7 Å². The molecule has 2 heterocycles. The molecule has 5 rings (SSSR count). The molecule has 0 fully saturated rings. The van der Waals surface area contributed by atoms with Gasteiger partial charge in [0.2, 0.25) is 12.5 Å². The number of Topliss-reactive ketones (excluding diaryl/α,β-unsaturated/α-hetero) is 1. The maximum atomic E-state index is 14.0. The van der Waals surface area contributed by atoms with Crippen LogP contribution in [0, 0.1) is 0 Å². The van der Waals surface area contributed by atoms with E-state index in [0.717, 1.165) is 11.7 Å². The summed E-state index contributed by atoms with van der Waals surface area (Å²) in [7, 11) is 4.45. The fourth-order valence-electron chi connectivity index (χ4n) is 4.30. The molecule has 4 aromatic rings. The Labute approximate surface area is 221 Å². The number of aliphatic carboxylic acids is 1. The molecule has 0 spiro atoms. The van der Waals surface area contributed by atoms with Crippen molar-refractivity contribution in [1.29, 1.82) is 0 Å². The third-order valence-corrected chi connectivity index (χ3v) is 6.63. The Kier molecular flexibility index (Phi) is 6.84.